The zero-order chi connectivity index (χ0) is 11.1. The van der Waals surface area contributed by atoms with E-state index < -0.39 is 0 Å². The van der Waals surface area contributed by atoms with Crippen LogP contribution >= 0.6 is 0 Å². The molecule has 0 saturated heterocycles. The minimum Gasteiger partial charge on any atom is -0.313 e. The molecule has 2 nitrogen and oxygen atoms in total. The van der Waals surface area contributed by atoms with Crippen LogP contribution in [-0.4, -0.2) is 36.6 Å². The van der Waals surface area contributed by atoms with E-state index in [4.69, 9.17) is 0 Å². The monoisotopic (exact) mass is 212 g/mol. The lowest BCUT2D eigenvalue weighted by Gasteiger charge is -2.27. The fraction of sp³-hybridized carbons (Fsp3) is 1.00. The minimum atomic E-state index is 0.718. The second-order valence-corrected chi connectivity index (χ2v) is 4.76. The summed E-state index contributed by atoms with van der Waals surface area (Å²) in [5, 5.41) is 3.68. The predicted octanol–water partition coefficient (Wildman–Crippen LogP) is 2.64. The Hall–Kier alpha value is -0.0800. The second-order valence-electron chi connectivity index (χ2n) is 4.76. The quantitative estimate of drug-likeness (QED) is 0.632. The van der Waals surface area contributed by atoms with Crippen LogP contribution in [0.15, 0.2) is 0 Å². The topological polar surface area (TPSA) is 15.3 Å². The molecule has 90 valence electrons. The Morgan fingerprint density at radius 3 is 2.40 bits per heavy atom. The Labute approximate surface area is 95.4 Å². The maximum Gasteiger partial charge on any atom is 0.0195 e. The molecule has 1 unspecified atom stereocenters. The lowest BCUT2D eigenvalue weighted by Crippen LogP contribution is -2.42. The normalized spacial score (nSPS) is 18.4. The van der Waals surface area contributed by atoms with Crippen LogP contribution < -0.4 is 5.32 Å². The molecular weight excluding hydrogens is 184 g/mol. The average Bonchev–Trinajstić information content (AvgIpc) is 3.06. The van der Waals surface area contributed by atoms with Crippen LogP contribution in [0.2, 0.25) is 0 Å². The SMILES string of the molecule is CCCNC(CCC)CN(CC)C1CC1. The number of likely N-dealkylation sites (N-methyl/N-ethyl adjacent to an activating group) is 1. The van der Waals surface area contributed by atoms with Gasteiger partial charge in [-0.25, -0.2) is 0 Å². The van der Waals surface area contributed by atoms with Crippen molar-refractivity contribution in [1.82, 2.24) is 10.2 Å². The van der Waals surface area contributed by atoms with Crippen LogP contribution in [0.25, 0.3) is 0 Å². The van der Waals surface area contributed by atoms with Crippen LogP contribution in [-0.2, 0) is 0 Å². The van der Waals surface area contributed by atoms with Crippen LogP contribution in [0.4, 0.5) is 0 Å². The number of hydrogen-bond acceptors (Lipinski definition) is 2. The lowest BCUT2D eigenvalue weighted by molar-refractivity contribution is 0.237. The molecule has 0 aromatic carbocycles. The van der Waals surface area contributed by atoms with Gasteiger partial charge < -0.3 is 5.32 Å². The van der Waals surface area contributed by atoms with E-state index in [0.29, 0.717) is 0 Å². The van der Waals surface area contributed by atoms with Gasteiger partial charge >= 0.3 is 0 Å². The molecule has 1 aliphatic rings. The molecular formula is C13H28N2. The van der Waals surface area contributed by atoms with Crippen LogP contribution in [0.1, 0.15) is 52.9 Å². The highest BCUT2D eigenvalue weighted by Crippen LogP contribution is 2.26. The fourth-order valence-corrected chi connectivity index (χ4v) is 2.21. The average molecular weight is 212 g/mol. The molecule has 0 bridgehead atoms. The van der Waals surface area contributed by atoms with Crippen molar-refractivity contribution in [3.8, 4) is 0 Å². The van der Waals surface area contributed by atoms with Gasteiger partial charge in [-0.15, -0.1) is 0 Å². The first-order valence-corrected chi connectivity index (χ1v) is 6.79. The Morgan fingerprint density at radius 2 is 1.93 bits per heavy atom. The van der Waals surface area contributed by atoms with Crippen molar-refractivity contribution < 1.29 is 0 Å². The summed E-state index contributed by atoms with van der Waals surface area (Å²) >= 11 is 0. The van der Waals surface area contributed by atoms with Crippen molar-refractivity contribution in [3.05, 3.63) is 0 Å². The molecule has 1 atom stereocenters. The van der Waals surface area contributed by atoms with Crippen LogP contribution in [0, 0.1) is 0 Å². The highest BCUT2D eigenvalue weighted by atomic mass is 15.2. The van der Waals surface area contributed by atoms with Gasteiger partial charge in [-0.3, -0.25) is 4.90 Å². The van der Waals surface area contributed by atoms with E-state index in [9.17, 15) is 0 Å². The van der Waals surface area contributed by atoms with E-state index in [0.717, 1.165) is 12.1 Å². The second kappa shape index (κ2) is 7.24. The molecule has 0 spiro atoms. The highest BCUT2D eigenvalue weighted by molar-refractivity contribution is 4.86. The molecule has 2 heteroatoms. The first-order valence-electron chi connectivity index (χ1n) is 6.79. The predicted molar refractivity (Wildman–Crippen MR) is 67.3 cm³/mol. The third kappa shape index (κ3) is 4.98. The van der Waals surface area contributed by atoms with E-state index in [1.54, 1.807) is 0 Å². The van der Waals surface area contributed by atoms with Crippen molar-refractivity contribution in [3.63, 3.8) is 0 Å². The van der Waals surface area contributed by atoms with Gasteiger partial charge in [0, 0.05) is 18.6 Å². The van der Waals surface area contributed by atoms with Gasteiger partial charge in [0.1, 0.15) is 0 Å². The first kappa shape index (κ1) is 13.0. The Kier molecular flexibility index (Phi) is 6.26. The Morgan fingerprint density at radius 1 is 1.20 bits per heavy atom. The molecule has 0 aromatic rings. The Bertz CT molecular complexity index is 155. The largest absolute Gasteiger partial charge is 0.313 e. The van der Waals surface area contributed by atoms with Crippen LogP contribution in [0.3, 0.4) is 0 Å². The number of rotatable bonds is 9. The molecule has 0 heterocycles. The molecule has 1 aliphatic carbocycles. The molecule has 0 aromatic heterocycles. The summed E-state index contributed by atoms with van der Waals surface area (Å²) in [7, 11) is 0. The highest BCUT2D eigenvalue weighted by Gasteiger charge is 2.28. The van der Waals surface area contributed by atoms with Gasteiger partial charge in [-0.1, -0.05) is 27.2 Å². The molecule has 1 fully saturated rings. The molecule has 0 aliphatic heterocycles. The molecule has 1 rings (SSSR count). The van der Waals surface area contributed by atoms with Crippen molar-refractivity contribution in [2.75, 3.05) is 19.6 Å². The fourth-order valence-electron chi connectivity index (χ4n) is 2.21. The third-order valence-corrected chi connectivity index (χ3v) is 3.24. The zero-order valence-corrected chi connectivity index (χ0v) is 10.8. The van der Waals surface area contributed by atoms with Gasteiger partial charge in [0.15, 0.2) is 0 Å². The van der Waals surface area contributed by atoms with Crippen molar-refractivity contribution >= 4 is 0 Å². The third-order valence-electron chi connectivity index (χ3n) is 3.24. The van der Waals surface area contributed by atoms with E-state index >= 15 is 0 Å². The smallest absolute Gasteiger partial charge is 0.0195 e. The van der Waals surface area contributed by atoms with E-state index in [-0.39, 0.29) is 0 Å². The summed E-state index contributed by atoms with van der Waals surface area (Å²) < 4.78 is 0. The lowest BCUT2D eigenvalue weighted by atomic mass is 10.1. The zero-order valence-electron chi connectivity index (χ0n) is 10.8. The molecule has 15 heavy (non-hydrogen) atoms. The van der Waals surface area contributed by atoms with Gasteiger partial charge in [-0.2, -0.15) is 0 Å². The van der Waals surface area contributed by atoms with Gasteiger partial charge in [0.25, 0.3) is 0 Å². The standard InChI is InChI=1S/C13H28N2/c1-4-7-12(14-10-5-2)11-15(6-3)13-8-9-13/h12-14H,4-11H2,1-3H3. The molecule has 1 saturated carbocycles. The number of nitrogens with zero attached hydrogens (tertiary/aromatic N) is 1. The van der Waals surface area contributed by atoms with Gasteiger partial charge in [0.2, 0.25) is 0 Å². The van der Waals surface area contributed by atoms with Gasteiger partial charge in [-0.05, 0) is 38.8 Å². The summed E-state index contributed by atoms with van der Waals surface area (Å²) in [4.78, 5) is 2.66. The molecule has 0 amide bonds. The summed E-state index contributed by atoms with van der Waals surface area (Å²) in [6, 6.07) is 1.63. The maximum absolute atomic E-state index is 3.68. The summed E-state index contributed by atoms with van der Waals surface area (Å²) in [5.74, 6) is 0. The van der Waals surface area contributed by atoms with E-state index in [1.165, 1.54) is 51.7 Å². The maximum atomic E-state index is 3.68. The van der Waals surface area contributed by atoms with Crippen molar-refractivity contribution in [2.45, 2.75) is 65.0 Å². The van der Waals surface area contributed by atoms with Gasteiger partial charge in [0.05, 0.1) is 0 Å². The summed E-state index contributed by atoms with van der Waals surface area (Å²) in [6.07, 6.45) is 6.73. The molecule has 1 N–H and O–H groups in total. The molecule has 0 radical (unpaired) electrons. The van der Waals surface area contributed by atoms with E-state index in [2.05, 4.69) is 31.0 Å². The number of hydrogen-bond donors (Lipinski definition) is 1. The van der Waals surface area contributed by atoms with Crippen LogP contribution in [0.5, 0.6) is 0 Å². The van der Waals surface area contributed by atoms with E-state index in [1.807, 2.05) is 0 Å². The summed E-state index contributed by atoms with van der Waals surface area (Å²) in [6.45, 7) is 10.5. The van der Waals surface area contributed by atoms with Crippen molar-refractivity contribution in [2.24, 2.45) is 0 Å². The first-order chi connectivity index (χ1) is 7.31. The summed E-state index contributed by atoms with van der Waals surface area (Å²) in [5.41, 5.74) is 0. The van der Waals surface area contributed by atoms with Crippen molar-refractivity contribution in [1.29, 1.82) is 0 Å². The Balaban J connectivity index is 2.26. The number of nitrogens with one attached hydrogen (secondary N) is 1. The minimum absolute atomic E-state index is 0.718.